The second-order valence-corrected chi connectivity index (χ2v) is 7.24. The van der Waals surface area contributed by atoms with Gasteiger partial charge in [-0.3, -0.25) is 4.79 Å². The first-order valence-electron chi connectivity index (χ1n) is 9.36. The van der Waals surface area contributed by atoms with Crippen LogP contribution in [0.15, 0.2) is 34.8 Å². The second kappa shape index (κ2) is 8.48. The van der Waals surface area contributed by atoms with Crippen molar-refractivity contribution >= 4 is 12.0 Å². The van der Waals surface area contributed by atoms with E-state index in [0.717, 1.165) is 5.56 Å². The molecular formula is C21H27N3O3. The van der Waals surface area contributed by atoms with Gasteiger partial charge in [0.15, 0.2) is 0 Å². The number of hydrogen-bond donors (Lipinski definition) is 0. The lowest BCUT2D eigenvalue weighted by Crippen LogP contribution is -2.31. The van der Waals surface area contributed by atoms with E-state index in [-0.39, 0.29) is 18.1 Å². The molecule has 0 radical (unpaired) electrons. The summed E-state index contributed by atoms with van der Waals surface area (Å²) >= 11 is 0. The van der Waals surface area contributed by atoms with Crippen LogP contribution < -0.4 is 0 Å². The zero-order valence-corrected chi connectivity index (χ0v) is 16.4. The Kier molecular flexibility index (Phi) is 6.06. The van der Waals surface area contributed by atoms with Crippen LogP contribution in [0.1, 0.15) is 61.6 Å². The van der Waals surface area contributed by atoms with Gasteiger partial charge >= 0.3 is 0 Å². The van der Waals surface area contributed by atoms with Gasteiger partial charge in [-0.2, -0.15) is 0 Å². The van der Waals surface area contributed by atoms with Gasteiger partial charge in [0.1, 0.15) is 6.04 Å². The fourth-order valence-corrected chi connectivity index (χ4v) is 3.33. The largest absolute Gasteiger partial charge is 0.423 e. The molecule has 1 aliphatic heterocycles. The van der Waals surface area contributed by atoms with E-state index in [9.17, 15) is 4.79 Å². The molecule has 0 bridgehead atoms. The Morgan fingerprint density at radius 2 is 2.07 bits per heavy atom. The SMILES string of the molecule is CO[C@H]1C[C@H](c2nnc(C)o2)N(C(=O)C/C=C/c2ccc(C(C)C)cc2)C1. The summed E-state index contributed by atoms with van der Waals surface area (Å²) in [5.41, 5.74) is 2.40. The minimum absolute atomic E-state index is 0.0151. The lowest BCUT2D eigenvalue weighted by molar-refractivity contribution is -0.131. The van der Waals surface area contributed by atoms with E-state index in [4.69, 9.17) is 9.15 Å². The summed E-state index contributed by atoms with van der Waals surface area (Å²) in [4.78, 5) is 14.5. The van der Waals surface area contributed by atoms with Crippen LogP contribution in [0.25, 0.3) is 6.08 Å². The minimum Gasteiger partial charge on any atom is -0.423 e. The summed E-state index contributed by atoms with van der Waals surface area (Å²) in [6.45, 7) is 6.64. The number of likely N-dealkylation sites (tertiary alicyclic amines) is 1. The third-order valence-electron chi connectivity index (χ3n) is 4.95. The Morgan fingerprint density at radius 1 is 1.33 bits per heavy atom. The molecule has 6 heteroatoms. The van der Waals surface area contributed by atoms with Gasteiger partial charge in [-0.25, -0.2) is 0 Å². The van der Waals surface area contributed by atoms with E-state index in [1.165, 1.54) is 5.56 Å². The van der Waals surface area contributed by atoms with Gasteiger partial charge in [0, 0.05) is 33.4 Å². The van der Waals surface area contributed by atoms with Gasteiger partial charge in [0.05, 0.1) is 6.10 Å². The number of rotatable bonds is 6. The van der Waals surface area contributed by atoms with Crippen LogP contribution in [0.5, 0.6) is 0 Å². The van der Waals surface area contributed by atoms with Crippen molar-refractivity contribution in [2.24, 2.45) is 0 Å². The summed E-state index contributed by atoms with van der Waals surface area (Å²) in [7, 11) is 1.66. The maximum Gasteiger partial charge on any atom is 0.239 e. The van der Waals surface area contributed by atoms with Crippen LogP contribution in [0, 0.1) is 6.92 Å². The Hall–Kier alpha value is -2.47. The average Bonchev–Trinajstić information content (AvgIpc) is 3.28. The zero-order valence-electron chi connectivity index (χ0n) is 16.4. The van der Waals surface area contributed by atoms with E-state index >= 15 is 0 Å². The maximum atomic E-state index is 12.8. The molecule has 2 heterocycles. The van der Waals surface area contributed by atoms with Gasteiger partial charge in [-0.05, 0) is 17.0 Å². The third kappa shape index (κ3) is 4.63. The number of aryl methyl sites for hydroxylation is 1. The quantitative estimate of drug-likeness (QED) is 0.773. The first-order chi connectivity index (χ1) is 13.0. The summed E-state index contributed by atoms with van der Waals surface area (Å²) in [5, 5.41) is 7.98. The number of aromatic nitrogens is 2. The number of benzene rings is 1. The van der Waals surface area contributed by atoms with E-state index in [2.05, 4.69) is 48.3 Å². The summed E-state index contributed by atoms with van der Waals surface area (Å²) in [6, 6.07) is 8.20. The first kappa shape index (κ1) is 19.3. The number of ether oxygens (including phenoxy) is 1. The summed E-state index contributed by atoms with van der Waals surface area (Å²) < 4.78 is 11.0. The minimum atomic E-state index is -0.220. The molecule has 0 saturated carbocycles. The molecule has 2 atom stereocenters. The lowest BCUT2D eigenvalue weighted by Gasteiger charge is -2.21. The molecule has 144 valence electrons. The van der Waals surface area contributed by atoms with E-state index in [1.54, 1.807) is 18.9 Å². The monoisotopic (exact) mass is 369 g/mol. The summed E-state index contributed by atoms with van der Waals surface area (Å²) in [5.74, 6) is 1.53. The fourth-order valence-electron chi connectivity index (χ4n) is 3.33. The van der Waals surface area contributed by atoms with Crippen molar-refractivity contribution in [2.75, 3.05) is 13.7 Å². The number of methoxy groups -OCH3 is 1. The molecule has 3 rings (SSSR count). The van der Waals surface area contributed by atoms with Gasteiger partial charge < -0.3 is 14.1 Å². The van der Waals surface area contributed by atoms with Crippen molar-refractivity contribution in [1.82, 2.24) is 15.1 Å². The number of carbonyl (C=O) groups excluding carboxylic acids is 1. The second-order valence-electron chi connectivity index (χ2n) is 7.24. The standard InChI is InChI=1S/C21H27N3O3/c1-14(2)17-10-8-16(9-11-17)6-5-7-20(25)24-13-18(26-4)12-19(24)21-23-22-15(3)27-21/h5-6,8-11,14,18-19H,7,12-13H2,1-4H3/b6-5+/t18-,19+/m0/s1. The molecule has 1 amide bonds. The van der Waals surface area contributed by atoms with Crippen molar-refractivity contribution in [3.05, 3.63) is 53.2 Å². The highest BCUT2D eigenvalue weighted by molar-refractivity contribution is 5.79. The van der Waals surface area contributed by atoms with Crippen molar-refractivity contribution in [1.29, 1.82) is 0 Å². The van der Waals surface area contributed by atoms with Gasteiger partial charge in [-0.1, -0.05) is 50.3 Å². The lowest BCUT2D eigenvalue weighted by atomic mass is 10.0. The molecule has 27 heavy (non-hydrogen) atoms. The van der Waals surface area contributed by atoms with Gasteiger partial charge in [0.2, 0.25) is 17.7 Å². The molecule has 2 aromatic rings. The van der Waals surface area contributed by atoms with Crippen molar-refractivity contribution in [3.8, 4) is 0 Å². The van der Waals surface area contributed by atoms with Gasteiger partial charge in [-0.15, -0.1) is 10.2 Å². The van der Waals surface area contributed by atoms with Crippen LogP contribution in [0.4, 0.5) is 0 Å². The highest BCUT2D eigenvalue weighted by Crippen LogP contribution is 2.33. The topological polar surface area (TPSA) is 68.5 Å². The summed E-state index contributed by atoms with van der Waals surface area (Å²) in [6.07, 6.45) is 4.87. The molecule has 1 aromatic carbocycles. The number of carbonyl (C=O) groups is 1. The maximum absolute atomic E-state index is 12.8. The highest BCUT2D eigenvalue weighted by Gasteiger charge is 2.38. The van der Waals surface area contributed by atoms with Crippen LogP contribution in [-0.4, -0.2) is 40.8 Å². The van der Waals surface area contributed by atoms with Crippen LogP contribution >= 0.6 is 0 Å². The van der Waals surface area contributed by atoms with E-state index < -0.39 is 0 Å². The van der Waals surface area contributed by atoms with Crippen LogP contribution in [0.3, 0.4) is 0 Å². The Balaban J connectivity index is 1.64. The van der Waals surface area contributed by atoms with Gasteiger partial charge in [0.25, 0.3) is 0 Å². The predicted octanol–water partition coefficient (Wildman–Crippen LogP) is 3.89. The average molecular weight is 369 g/mol. The highest BCUT2D eigenvalue weighted by atomic mass is 16.5. The first-order valence-corrected chi connectivity index (χ1v) is 9.36. The molecule has 0 N–H and O–H groups in total. The molecule has 0 aliphatic carbocycles. The smallest absolute Gasteiger partial charge is 0.239 e. The molecule has 0 unspecified atom stereocenters. The predicted molar refractivity (Wildman–Crippen MR) is 103 cm³/mol. The number of nitrogens with zero attached hydrogens (tertiary/aromatic N) is 3. The van der Waals surface area contributed by atoms with Crippen LogP contribution in [0.2, 0.25) is 0 Å². The van der Waals surface area contributed by atoms with Crippen molar-refractivity contribution in [3.63, 3.8) is 0 Å². The van der Waals surface area contributed by atoms with E-state index in [1.807, 2.05) is 12.2 Å². The van der Waals surface area contributed by atoms with Crippen molar-refractivity contribution in [2.45, 2.75) is 51.7 Å². The zero-order chi connectivity index (χ0) is 19.4. The number of amides is 1. The molecule has 0 spiro atoms. The molecule has 1 saturated heterocycles. The number of hydrogen-bond acceptors (Lipinski definition) is 5. The fraction of sp³-hybridized carbons (Fsp3) is 0.476. The molecule has 1 aliphatic rings. The Morgan fingerprint density at radius 3 is 2.67 bits per heavy atom. The third-order valence-corrected chi connectivity index (χ3v) is 4.95. The normalized spacial score (nSPS) is 20.1. The molecule has 6 nitrogen and oxygen atoms in total. The van der Waals surface area contributed by atoms with E-state index in [0.29, 0.717) is 37.1 Å². The Bertz CT molecular complexity index is 795. The Labute approximate surface area is 160 Å². The molecule has 1 aromatic heterocycles. The van der Waals surface area contributed by atoms with Crippen LogP contribution in [-0.2, 0) is 9.53 Å². The molecule has 1 fully saturated rings. The molecular weight excluding hydrogens is 342 g/mol. The van der Waals surface area contributed by atoms with Crippen molar-refractivity contribution < 1.29 is 13.9 Å².